The van der Waals surface area contributed by atoms with Gasteiger partial charge in [-0.15, -0.1) is 0 Å². The molecule has 0 bridgehead atoms. The number of rotatable bonds is 5. The van der Waals surface area contributed by atoms with Crippen LogP contribution in [0.2, 0.25) is 0 Å². The molecule has 94 valence electrons. The van der Waals surface area contributed by atoms with Crippen molar-refractivity contribution in [2.75, 3.05) is 6.54 Å². The molecule has 0 saturated heterocycles. The Morgan fingerprint density at radius 2 is 1.94 bits per heavy atom. The Labute approximate surface area is 99.2 Å². The van der Waals surface area contributed by atoms with Gasteiger partial charge >= 0.3 is 0 Å². The zero-order chi connectivity index (χ0) is 12.2. The molecule has 0 aliphatic heterocycles. The molecule has 1 unspecified atom stereocenters. The maximum Gasteiger partial charge on any atom is 0.226 e. The van der Waals surface area contributed by atoms with E-state index in [-0.39, 0.29) is 17.4 Å². The fourth-order valence-electron chi connectivity index (χ4n) is 2.53. The molecule has 0 aromatic heterocycles. The van der Waals surface area contributed by atoms with Crippen LogP contribution in [0.4, 0.5) is 0 Å². The summed E-state index contributed by atoms with van der Waals surface area (Å²) in [6.45, 7) is 6.94. The Bertz CT molecular complexity index is 232. The summed E-state index contributed by atoms with van der Waals surface area (Å²) in [6, 6.07) is 0.143. The summed E-state index contributed by atoms with van der Waals surface area (Å²) in [5.41, 5.74) is 5.56. The SMILES string of the molecule is CC(C)CC(CN)NC(=O)C1(C)CCCC1. The Kier molecular flexibility index (Phi) is 4.78. The normalized spacial score (nSPS) is 21.1. The molecule has 1 fully saturated rings. The molecule has 0 aromatic rings. The Balaban J connectivity index is 2.48. The molecule has 0 aromatic carbocycles. The van der Waals surface area contributed by atoms with E-state index < -0.39 is 0 Å². The standard InChI is InChI=1S/C13H26N2O/c1-10(2)8-11(9-14)15-12(16)13(3)6-4-5-7-13/h10-11H,4-9,14H2,1-3H3,(H,15,16). The highest BCUT2D eigenvalue weighted by Crippen LogP contribution is 2.37. The van der Waals surface area contributed by atoms with Crippen LogP contribution in [-0.4, -0.2) is 18.5 Å². The van der Waals surface area contributed by atoms with Crippen molar-refractivity contribution in [3.8, 4) is 0 Å². The van der Waals surface area contributed by atoms with Gasteiger partial charge in [-0.1, -0.05) is 33.6 Å². The Morgan fingerprint density at radius 3 is 2.38 bits per heavy atom. The lowest BCUT2D eigenvalue weighted by molar-refractivity contribution is -0.130. The van der Waals surface area contributed by atoms with Gasteiger partial charge in [0.05, 0.1) is 0 Å². The predicted molar refractivity (Wildman–Crippen MR) is 67.0 cm³/mol. The number of carbonyl (C=O) groups excluding carboxylic acids is 1. The molecule has 16 heavy (non-hydrogen) atoms. The van der Waals surface area contributed by atoms with Crippen molar-refractivity contribution in [1.82, 2.24) is 5.32 Å². The highest BCUT2D eigenvalue weighted by atomic mass is 16.2. The topological polar surface area (TPSA) is 55.1 Å². The van der Waals surface area contributed by atoms with Crippen molar-refractivity contribution in [2.24, 2.45) is 17.1 Å². The van der Waals surface area contributed by atoms with E-state index in [1.165, 1.54) is 12.8 Å². The average Bonchev–Trinajstić information content (AvgIpc) is 2.64. The zero-order valence-electron chi connectivity index (χ0n) is 10.9. The molecule has 1 rings (SSSR count). The van der Waals surface area contributed by atoms with E-state index in [1.807, 2.05) is 0 Å². The second kappa shape index (κ2) is 5.67. The van der Waals surface area contributed by atoms with E-state index in [1.54, 1.807) is 0 Å². The molecule has 1 aliphatic rings. The van der Waals surface area contributed by atoms with Crippen LogP contribution in [0, 0.1) is 11.3 Å². The van der Waals surface area contributed by atoms with Crippen LogP contribution in [-0.2, 0) is 4.79 Å². The van der Waals surface area contributed by atoms with E-state index >= 15 is 0 Å². The van der Waals surface area contributed by atoms with E-state index in [0.717, 1.165) is 19.3 Å². The summed E-state index contributed by atoms with van der Waals surface area (Å²) >= 11 is 0. The van der Waals surface area contributed by atoms with E-state index in [9.17, 15) is 4.79 Å². The molecular formula is C13H26N2O. The summed E-state index contributed by atoms with van der Waals surface area (Å²) in [6.07, 6.45) is 5.39. The third-order valence-electron chi connectivity index (χ3n) is 3.63. The number of hydrogen-bond acceptors (Lipinski definition) is 2. The quantitative estimate of drug-likeness (QED) is 0.754. The molecule has 1 amide bonds. The van der Waals surface area contributed by atoms with Crippen molar-refractivity contribution in [2.45, 2.75) is 58.9 Å². The molecule has 0 radical (unpaired) electrons. The van der Waals surface area contributed by atoms with Gasteiger partial charge in [-0.25, -0.2) is 0 Å². The largest absolute Gasteiger partial charge is 0.352 e. The minimum atomic E-state index is -0.135. The molecular weight excluding hydrogens is 200 g/mol. The second-order valence-corrected chi connectivity index (χ2v) is 5.80. The number of amides is 1. The zero-order valence-corrected chi connectivity index (χ0v) is 10.9. The molecule has 0 spiro atoms. The fraction of sp³-hybridized carbons (Fsp3) is 0.923. The summed E-state index contributed by atoms with van der Waals surface area (Å²) in [7, 11) is 0. The van der Waals surface area contributed by atoms with Crippen molar-refractivity contribution in [3.63, 3.8) is 0 Å². The molecule has 3 N–H and O–H groups in total. The van der Waals surface area contributed by atoms with Crippen LogP contribution in [0.5, 0.6) is 0 Å². The van der Waals surface area contributed by atoms with Gasteiger partial charge in [0.1, 0.15) is 0 Å². The Morgan fingerprint density at radius 1 is 1.38 bits per heavy atom. The summed E-state index contributed by atoms with van der Waals surface area (Å²) < 4.78 is 0. The first-order chi connectivity index (χ1) is 7.48. The maximum atomic E-state index is 12.2. The molecule has 1 atom stereocenters. The summed E-state index contributed by atoms with van der Waals surface area (Å²) in [4.78, 5) is 12.2. The van der Waals surface area contributed by atoms with Crippen LogP contribution >= 0.6 is 0 Å². The van der Waals surface area contributed by atoms with E-state index in [0.29, 0.717) is 12.5 Å². The number of nitrogens with one attached hydrogen (secondary N) is 1. The lowest BCUT2D eigenvalue weighted by Crippen LogP contribution is -2.46. The highest BCUT2D eigenvalue weighted by molar-refractivity contribution is 5.82. The second-order valence-electron chi connectivity index (χ2n) is 5.80. The molecule has 1 aliphatic carbocycles. The lowest BCUT2D eigenvalue weighted by Gasteiger charge is -2.27. The first-order valence-corrected chi connectivity index (χ1v) is 6.49. The summed E-state index contributed by atoms with van der Waals surface area (Å²) in [5, 5.41) is 3.12. The van der Waals surface area contributed by atoms with Crippen molar-refractivity contribution in [1.29, 1.82) is 0 Å². The Hall–Kier alpha value is -0.570. The van der Waals surface area contributed by atoms with Crippen LogP contribution in [0.1, 0.15) is 52.9 Å². The monoisotopic (exact) mass is 226 g/mol. The van der Waals surface area contributed by atoms with Gasteiger partial charge in [-0.2, -0.15) is 0 Å². The van der Waals surface area contributed by atoms with Crippen LogP contribution in [0.15, 0.2) is 0 Å². The highest BCUT2D eigenvalue weighted by Gasteiger charge is 2.36. The van der Waals surface area contributed by atoms with Gasteiger partial charge in [0.2, 0.25) is 5.91 Å². The molecule has 3 nitrogen and oxygen atoms in total. The average molecular weight is 226 g/mol. The third kappa shape index (κ3) is 3.48. The van der Waals surface area contributed by atoms with Gasteiger partial charge in [-0.3, -0.25) is 4.79 Å². The maximum absolute atomic E-state index is 12.2. The number of carbonyl (C=O) groups is 1. The van der Waals surface area contributed by atoms with Crippen LogP contribution in [0.25, 0.3) is 0 Å². The van der Waals surface area contributed by atoms with Gasteiger partial charge in [-0.05, 0) is 25.2 Å². The van der Waals surface area contributed by atoms with Crippen LogP contribution in [0.3, 0.4) is 0 Å². The van der Waals surface area contributed by atoms with E-state index in [2.05, 4.69) is 26.1 Å². The number of nitrogens with two attached hydrogens (primary N) is 1. The minimum Gasteiger partial charge on any atom is -0.352 e. The smallest absolute Gasteiger partial charge is 0.226 e. The van der Waals surface area contributed by atoms with Gasteiger partial charge in [0.15, 0.2) is 0 Å². The van der Waals surface area contributed by atoms with Crippen molar-refractivity contribution >= 4 is 5.91 Å². The minimum absolute atomic E-state index is 0.135. The van der Waals surface area contributed by atoms with Crippen molar-refractivity contribution in [3.05, 3.63) is 0 Å². The van der Waals surface area contributed by atoms with E-state index in [4.69, 9.17) is 5.73 Å². The van der Waals surface area contributed by atoms with Gasteiger partial charge in [0, 0.05) is 18.0 Å². The number of hydrogen-bond donors (Lipinski definition) is 2. The van der Waals surface area contributed by atoms with Gasteiger partial charge in [0.25, 0.3) is 0 Å². The molecule has 3 heteroatoms. The first-order valence-electron chi connectivity index (χ1n) is 6.49. The lowest BCUT2D eigenvalue weighted by atomic mass is 9.87. The predicted octanol–water partition coefficient (Wildman–Crippen LogP) is 2.06. The fourth-order valence-corrected chi connectivity index (χ4v) is 2.53. The molecule has 0 heterocycles. The van der Waals surface area contributed by atoms with Gasteiger partial charge < -0.3 is 11.1 Å². The van der Waals surface area contributed by atoms with Crippen LogP contribution < -0.4 is 11.1 Å². The third-order valence-corrected chi connectivity index (χ3v) is 3.63. The van der Waals surface area contributed by atoms with Crippen molar-refractivity contribution < 1.29 is 4.79 Å². The molecule has 1 saturated carbocycles. The summed E-state index contributed by atoms with van der Waals surface area (Å²) in [5.74, 6) is 0.784. The first kappa shape index (κ1) is 13.5.